The van der Waals surface area contributed by atoms with Gasteiger partial charge in [-0.25, -0.2) is 4.98 Å². The number of aliphatic hydroxyl groups is 1. The molecular weight excluding hydrogens is 226 g/mol. The van der Waals surface area contributed by atoms with Crippen LogP contribution in [-0.4, -0.2) is 47.2 Å². The maximum atomic E-state index is 9.64. The van der Waals surface area contributed by atoms with Gasteiger partial charge in [0.1, 0.15) is 5.82 Å². The van der Waals surface area contributed by atoms with Crippen LogP contribution in [0, 0.1) is 0 Å². The van der Waals surface area contributed by atoms with E-state index >= 15 is 0 Å². The van der Waals surface area contributed by atoms with Crippen LogP contribution >= 0.6 is 0 Å². The normalized spacial score (nSPS) is 27.3. The molecule has 0 bridgehead atoms. The van der Waals surface area contributed by atoms with E-state index in [1.54, 1.807) is 13.1 Å². The van der Waals surface area contributed by atoms with Crippen LogP contribution in [0.2, 0.25) is 0 Å². The first-order valence-electron chi connectivity index (χ1n) is 6.60. The van der Waals surface area contributed by atoms with Crippen molar-refractivity contribution in [3.8, 4) is 0 Å². The number of aliphatic hydroxyl groups excluding tert-OH is 1. The van der Waals surface area contributed by atoms with E-state index < -0.39 is 6.10 Å². The predicted octanol–water partition coefficient (Wildman–Crippen LogP) is 1.66. The van der Waals surface area contributed by atoms with Crippen molar-refractivity contribution in [2.45, 2.75) is 39.0 Å². The lowest BCUT2D eigenvalue weighted by atomic mass is 10.1. The molecule has 100 valence electrons. The summed E-state index contributed by atoms with van der Waals surface area (Å²) >= 11 is 0. The molecule has 4 nitrogen and oxygen atoms in total. The van der Waals surface area contributed by atoms with Crippen LogP contribution in [0.15, 0.2) is 18.3 Å². The Morgan fingerprint density at radius 1 is 1.33 bits per heavy atom. The molecule has 0 aliphatic carbocycles. The highest BCUT2D eigenvalue weighted by Gasteiger charge is 2.27. The molecule has 2 unspecified atom stereocenters. The second-order valence-electron chi connectivity index (χ2n) is 5.39. The minimum atomic E-state index is -0.436. The third kappa shape index (κ3) is 2.65. The Balaban J connectivity index is 2.19. The molecule has 4 heteroatoms. The van der Waals surface area contributed by atoms with Gasteiger partial charge in [0.05, 0.1) is 6.10 Å². The summed E-state index contributed by atoms with van der Waals surface area (Å²) in [5, 5.41) is 9.64. The first-order chi connectivity index (χ1) is 8.49. The van der Waals surface area contributed by atoms with Crippen LogP contribution in [0.5, 0.6) is 0 Å². The van der Waals surface area contributed by atoms with Crippen LogP contribution in [0.25, 0.3) is 0 Å². The summed E-state index contributed by atoms with van der Waals surface area (Å²) in [6, 6.07) is 4.91. The second-order valence-corrected chi connectivity index (χ2v) is 5.39. The van der Waals surface area contributed by atoms with Crippen LogP contribution in [0.3, 0.4) is 0 Å². The maximum Gasteiger partial charge on any atom is 0.128 e. The number of aromatic nitrogens is 1. The Morgan fingerprint density at radius 3 is 2.50 bits per heavy atom. The Morgan fingerprint density at radius 2 is 1.94 bits per heavy atom. The van der Waals surface area contributed by atoms with E-state index in [4.69, 9.17) is 0 Å². The number of anilines is 1. The van der Waals surface area contributed by atoms with E-state index in [0.29, 0.717) is 12.1 Å². The zero-order valence-electron chi connectivity index (χ0n) is 11.7. The SMILES string of the molecule is CC1CN(c2cc([C@@H](C)O)ccn2)CC(C)N1C. The van der Waals surface area contributed by atoms with Crippen molar-refractivity contribution in [3.05, 3.63) is 23.9 Å². The molecule has 2 heterocycles. The molecule has 0 saturated carbocycles. The van der Waals surface area contributed by atoms with Crippen molar-refractivity contribution in [3.63, 3.8) is 0 Å². The number of piperazine rings is 1. The summed E-state index contributed by atoms with van der Waals surface area (Å²) < 4.78 is 0. The van der Waals surface area contributed by atoms with E-state index in [2.05, 4.69) is 35.7 Å². The molecule has 1 aromatic rings. The number of rotatable bonds is 2. The van der Waals surface area contributed by atoms with Gasteiger partial charge in [-0.3, -0.25) is 4.90 Å². The van der Waals surface area contributed by atoms with Crippen molar-refractivity contribution < 1.29 is 5.11 Å². The molecule has 1 saturated heterocycles. The van der Waals surface area contributed by atoms with Crippen molar-refractivity contribution in [2.75, 3.05) is 25.0 Å². The molecule has 0 amide bonds. The molecule has 0 radical (unpaired) electrons. The molecule has 3 atom stereocenters. The molecule has 1 N–H and O–H groups in total. The first kappa shape index (κ1) is 13.3. The number of hydrogen-bond acceptors (Lipinski definition) is 4. The molecule has 18 heavy (non-hydrogen) atoms. The van der Waals surface area contributed by atoms with E-state index in [-0.39, 0.29) is 0 Å². The third-order valence-corrected chi connectivity index (χ3v) is 3.94. The van der Waals surface area contributed by atoms with Gasteiger partial charge in [-0.2, -0.15) is 0 Å². The number of nitrogens with zero attached hydrogens (tertiary/aromatic N) is 3. The quantitative estimate of drug-likeness (QED) is 0.865. The average molecular weight is 249 g/mol. The van der Waals surface area contributed by atoms with Gasteiger partial charge in [0.2, 0.25) is 0 Å². The molecule has 1 aliphatic heterocycles. The predicted molar refractivity (Wildman–Crippen MR) is 73.8 cm³/mol. The van der Waals surface area contributed by atoms with Gasteiger partial charge in [-0.05, 0) is 45.5 Å². The number of hydrogen-bond donors (Lipinski definition) is 1. The Labute approximate surface area is 109 Å². The van der Waals surface area contributed by atoms with Crippen molar-refractivity contribution in [2.24, 2.45) is 0 Å². The van der Waals surface area contributed by atoms with E-state index in [9.17, 15) is 5.11 Å². The van der Waals surface area contributed by atoms with Crippen LogP contribution in [-0.2, 0) is 0 Å². The second kappa shape index (κ2) is 5.24. The standard InChI is InChI=1S/C14H23N3O/c1-10-8-17(9-11(2)16(10)4)14-7-13(12(3)18)5-6-15-14/h5-7,10-12,18H,8-9H2,1-4H3/t10?,11?,12-/m1/s1. The van der Waals surface area contributed by atoms with Gasteiger partial charge in [-0.1, -0.05) is 0 Å². The van der Waals surface area contributed by atoms with E-state index in [1.807, 2.05) is 12.1 Å². The molecule has 1 aliphatic rings. The minimum Gasteiger partial charge on any atom is -0.389 e. The van der Waals surface area contributed by atoms with Gasteiger partial charge in [0, 0.05) is 31.4 Å². The van der Waals surface area contributed by atoms with Crippen LogP contribution in [0.4, 0.5) is 5.82 Å². The lowest BCUT2D eigenvalue weighted by Crippen LogP contribution is -2.55. The molecule has 1 aromatic heterocycles. The number of likely N-dealkylation sites (N-methyl/N-ethyl adjacent to an activating group) is 1. The topological polar surface area (TPSA) is 39.6 Å². The molecule has 0 spiro atoms. The number of pyridine rings is 1. The average Bonchev–Trinajstić information content (AvgIpc) is 2.35. The van der Waals surface area contributed by atoms with Gasteiger partial charge >= 0.3 is 0 Å². The molecule has 2 rings (SSSR count). The highest BCUT2D eigenvalue weighted by molar-refractivity contribution is 5.42. The highest BCUT2D eigenvalue weighted by atomic mass is 16.3. The summed E-state index contributed by atoms with van der Waals surface area (Å²) in [6.45, 7) is 8.23. The summed E-state index contributed by atoms with van der Waals surface area (Å²) in [7, 11) is 2.17. The Kier molecular flexibility index (Phi) is 3.88. The first-order valence-corrected chi connectivity index (χ1v) is 6.60. The minimum absolute atomic E-state index is 0.436. The summed E-state index contributed by atoms with van der Waals surface area (Å²) in [6.07, 6.45) is 1.35. The zero-order valence-corrected chi connectivity index (χ0v) is 11.7. The fourth-order valence-electron chi connectivity index (χ4n) is 2.46. The lowest BCUT2D eigenvalue weighted by molar-refractivity contribution is 0.169. The summed E-state index contributed by atoms with van der Waals surface area (Å²) in [5.41, 5.74) is 0.930. The van der Waals surface area contributed by atoms with Crippen molar-refractivity contribution >= 4 is 5.82 Å². The lowest BCUT2D eigenvalue weighted by Gasteiger charge is -2.43. The zero-order chi connectivity index (χ0) is 13.3. The monoisotopic (exact) mass is 249 g/mol. The van der Waals surface area contributed by atoms with Gasteiger partial charge in [-0.15, -0.1) is 0 Å². The van der Waals surface area contributed by atoms with Gasteiger partial charge < -0.3 is 10.0 Å². The van der Waals surface area contributed by atoms with Crippen molar-refractivity contribution in [1.82, 2.24) is 9.88 Å². The van der Waals surface area contributed by atoms with Crippen molar-refractivity contribution in [1.29, 1.82) is 0 Å². The Hall–Kier alpha value is -1.13. The third-order valence-electron chi connectivity index (χ3n) is 3.94. The fourth-order valence-corrected chi connectivity index (χ4v) is 2.46. The van der Waals surface area contributed by atoms with Gasteiger partial charge in [0.15, 0.2) is 0 Å². The molecular formula is C14H23N3O. The summed E-state index contributed by atoms with van der Waals surface area (Å²) in [4.78, 5) is 9.14. The molecule has 0 aromatic carbocycles. The largest absolute Gasteiger partial charge is 0.389 e. The van der Waals surface area contributed by atoms with Gasteiger partial charge in [0.25, 0.3) is 0 Å². The smallest absolute Gasteiger partial charge is 0.128 e. The van der Waals surface area contributed by atoms with E-state index in [0.717, 1.165) is 24.5 Å². The molecule has 1 fully saturated rings. The van der Waals surface area contributed by atoms with Crippen LogP contribution in [0.1, 0.15) is 32.4 Å². The van der Waals surface area contributed by atoms with E-state index in [1.165, 1.54) is 0 Å². The fraction of sp³-hybridized carbons (Fsp3) is 0.643. The highest BCUT2D eigenvalue weighted by Crippen LogP contribution is 2.22. The Bertz CT molecular complexity index is 396. The maximum absolute atomic E-state index is 9.64. The summed E-state index contributed by atoms with van der Waals surface area (Å²) in [5.74, 6) is 0.972. The van der Waals surface area contributed by atoms with Crippen LogP contribution < -0.4 is 4.90 Å².